The van der Waals surface area contributed by atoms with E-state index in [0.29, 0.717) is 18.4 Å². The van der Waals surface area contributed by atoms with Crippen LogP contribution in [0.3, 0.4) is 0 Å². The Morgan fingerprint density at radius 2 is 1.05 bits per heavy atom. The first-order valence-corrected chi connectivity index (χ1v) is 28.3. The highest BCUT2D eigenvalue weighted by atomic mass is 31.2. The number of nitrogens with one attached hydrogen (secondary N) is 11. The van der Waals surface area contributed by atoms with Crippen LogP contribution in [0.5, 0.6) is 0 Å². The number of rotatable bonds is 40. The molecule has 0 spiro atoms. The largest absolute Gasteiger partial charge is 0.481 e. The summed E-state index contributed by atoms with van der Waals surface area (Å²) >= 11 is 0. The summed E-state index contributed by atoms with van der Waals surface area (Å²) in [6, 6.07) is -8.20. The lowest BCUT2D eigenvalue weighted by Crippen LogP contribution is -2.62. The third-order valence-corrected chi connectivity index (χ3v) is 13.2. The minimum atomic E-state index is -5.50. The zero-order valence-electron chi connectivity index (χ0n) is 47.6. The maximum atomic E-state index is 14.1. The zero-order chi connectivity index (χ0) is 65.6. The molecule has 1 aromatic carbocycles. The maximum Gasteiger partial charge on any atom is 0.353 e. The Balaban J connectivity index is 3.32. The Hall–Kier alpha value is -8.25. The molecule has 11 atom stereocenters. The molecule has 13 amide bonds. The summed E-state index contributed by atoms with van der Waals surface area (Å²) in [6.45, 7) is 1.63. The van der Waals surface area contributed by atoms with Gasteiger partial charge in [-0.2, -0.15) is 0 Å². The summed E-state index contributed by atoms with van der Waals surface area (Å²) in [7, 11) is -5.50. The van der Waals surface area contributed by atoms with Gasteiger partial charge in [0.15, 0.2) is 5.85 Å². The Morgan fingerprint density at radius 1 is 0.547 bits per heavy atom. The number of primary amides is 2. The molecule has 0 aliphatic carbocycles. The van der Waals surface area contributed by atoms with Gasteiger partial charge >= 0.3 is 13.6 Å². The standard InChI is InChI=1S/C49H80N15O21P/c1-23(2)39(49(82)62-29(16-26-10-6-5-7-11-26)44(77)63-33(22-66)48(81)58-27(40(53)73)12-8-9-15-50)64-46(79)30(17-34(52)67)60-45(78)31(18-38(72)86(83,84)85)61-47(80)32(21-65)57-36(69)20-54-35(68)19-55-43(76)28(13-14-37(70)71)59-42(75)25(4)56-41(74)24(3)51/h5-7,10-11,23-25,27-33,38-39,65-66,72H,8-9,12-22,50-51H2,1-4H3,(H2,52,67)(H2,53,73)(H,54,68)(H,55,76)(H,56,74)(H,57,69)(H,58,81)(H,59,75)(H,60,78)(H,61,80)(H,62,82)(H,63,77)(H,64,79)(H,70,71)(H2,83,84,85)/t24-,25-,27-,28-,29-,30-,31-,32-,33-,38+,39-/m0/s1. The molecule has 0 saturated heterocycles. The summed E-state index contributed by atoms with van der Waals surface area (Å²) in [4.78, 5) is 200. The molecule has 0 saturated carbocycles. The van der Waals surface area contributed by atoms with Crippen LogP contribution in [0.1, 0.15) is 78.2 Å². The number of hydrogen-bond acceptors (Lipinski definition) is 20. The summed E-state index contributed by atoms with van der Waals surface area (Å²) in [5.74, 6) is -19.6. The van der Waals surface area contributed by atoms with Crippen LogP contribution < -0.4 is 81.4 Å². The van der Waals surface area contributed by atoms with Gasteiger partial charge in [-0.3, -0.25) is 71.7 Å². The first-order chi connectivity index (χ1) is 40.1. The van der Waals surface area contributed by atoms with E-state index < -0.39 is 215 Å². The molecule has 0 unspecified atom stereocenters. The molecule has 86 heavy (non-hydrogen) atoms. The van der Waals surface area contributed by atoms with E-state index in [0.717, 1.165) is 0 Å². The van der Waals surface area contributed by atoms with Crippen molar-refractivity contribution in [3.8, 4) is 0 Å². The lowest BCUT2D eigenvalue weighted by atomic mass is 10.00. The SMILES string of the molecule is CC(C)[C@H](NC(=O)[C@H](CC(N)=O)NC(=O)[C@H](C[C@H](O)P(=O)(O)O)NC(=O)[C@H](CO)NC(=O)CNC(=O)CNC(=O)[C@H](CCC(=O)O)NC(=O)[C@H](C)NC(=O)[C@H](C)N)C(=O)N[C@@H](Cc1ccccc1)C(=O)N[C@@H](CO)C(=O)N[C@@H](CCCCN)C(N)=O. The van der Waals surface area contributed by atoms with Crippen molar-refractivity contribution in [3.05, 3.63) is 35.9 Å². The molecule has 1 rings (SSSR count). The van der Waals surface area contributed by atoms with Crippen molar-refractivity contribution >= 4 is 90.4 Å². The summed E-state index contributed by atoms with van der Waals surface area (Å²) in [5, 5.41) is 63.7. The van der Waals surface area contributed by atoms with Crippen LogP contribution in [-0.2, 0) is 78.1 Å². The molecule has 0 fully saturated rings. The third kappa shape index (κ3) is 28.6. The van der Waals surface area contributed by atoms with Gasteiger partial charge in [0.2, 0.25) is 76.8 Å². The van der Waals surface area contributed by atoms with Crippen LogP contribution >= 0.6 is 7.60 Å². The molecule has 0 aliphatic rings. The molecule has 1 aromatic rings. The van der Waals surface area contributed by atoms with Crippen LogP contribution in [0.15, 0.2) is 30.3 Å². The Bertz CT molecular complexity index is 2590. The van der Waals surface area contributed by atoms with Gasteiger partial charge in [0.1, 0.15) is 54.4 Å². The van der Waals surface area contributed by atoms with E-state index in [2.05, 4.69) is 42.5 Å². The monoisotopic (exact) mass is 1250 g/mol. The van der Waals surface area contributed by atoms with Crippen molar-refractivity contribution in [2.75, 3.05) is 32.8 Å². The number of aliphatic hydroxyl groups is 3. The Labute approximate surface area is 492 Å². The van der Waals surface area contributed by atoms with Crippen molar-refractivity contribution < 1.29 is 102 Å². The number of unbranched alkanes of at least 4 members (excludes halogenated alkanes) is 1. The average Bonchev–Trinajstić information content (AvgIpc) is 2.58. The minimum absolute atomic E-state index is 0.0890. The molecular formula is C49H80N15O21P. The molecule has 0 bridgehead atoms. The number of carboxylic acid groups (broad SMARTS) is 1. The predicted octanol–water partition coefficient (Wildman–Crippen LogP) is -9.93. The second-order valence-electron chi connectivity index (χ2n) is 19.9. The first-order valence-electron chi connectivity index (χ1n) is 26.7. The molecule has 36 nitrogen and oxygen atoms in total. The van der Waals surface area contributed by atoms with Gasteiger partial charge < -0.3 is 112 Å². The van der Waals surface area contributed by atoms with Crippen LogP contribution in [-0.4, -0.2) is 212 Å². The van der Waals surface area contributed by atoms with E-state index in [1.807, 2.05) is 16.0 Å². The number of aliphatic hydroxyl groups excluding tert-OH is 3. The van der Waals surface area contributed by atoms with Crippen molar-refractivity contribution in [2.24, 2.45) is 28.9 Å². The molecule has 0 heterocycles. The highest BCUT2D eigenvalue weighted by Gasteiger charge is 2.38. The van der Waals surface area contributed by atoms with E-state index in [1.165, 1.54) is 27.7 Å². The molecular weight excluding hydrogens is 1170 g/mol. The third-order valence-electron chi connectivity index (χ3n) is 12.2. The van der Waals surface area contributed by atoms with Gasteiger partial charge in [-0.25, -0.2) is 0 Å². The number of carboxylic acids is 1. The van der Waals surface area contributed by atoms with Crippen LogP contribution in [0.2, 0.25) is 0 Å². The molecule has 0 aromatic heterocycles. The van der Waals surface area contributed by atoms with E-state index in [9.17, 15) is 96.8 Å². The van der Waals surface area contributed by atoms with Crippen molar-refractivity contribution in [2.45, 2.75) is 145 Å². The highest BCUT2D eigenvalue weighted by molar-refractivity contribution is 7.52. The highest BCUT2D eigenvalue weighted by Crippen LogP contribution is 2.41. The molecule has 0 radical (unpaired) electrons. The van der Waals surface area contributed by atoms with Gasteiger partial charge in [-0.05, 0) is 57.6 Å². The second-order valence-corrected chi connectivity index (χ2v) is 21.7. The van der Waals surface area contributed by atoms with Gasteiger partial charge in [0.25, 0.3) is 0 Å². The van der Waals surface area contributed by atoms with E-state index in [-0.39, 0.29) is 19.4 Å². The minimum Gasteiger partial charge on any atom is -0.481 e. The molecule has 37 heteroatoms. The summed E-state index contributed by atoms with van der Waals surface area (Å²) < 4.78 is 12.0. The van der Waals surface area contributed by atoms with Gasteiger partial charge in [-0.15, -0.1) is 0 Å². The van der Waals surface area contributed by atoms with E-state index >= 15 is 0 Å². The number of benzene rings is 1. The van der Waals surface area contributed by atoms with Gasteiger partial charge in [0.05, 0.1) is 38.8 Å². The normalized spacial score (nSPS) is 15.0. The number of hydrogen-bond donors (Lipinski definition) is 21. The van der Waals surface area contributed by atoms with Crippen LogP contribution in [0, 0.1) is 5.92 Å². The number of amides is 13. The predicted molar refractivity (Wildman–Crippen MR) is 297 cm³/mol. The quantitative estimate of drug-likeness (QED) is 0.0214. The van der Waals surface area contributed by atoms with Crippen molar-refractivity contribution in [3.63, 3.8) is 0 Å². The number of nitrogens with two attached hydrogens (primary N) is 4. The lowest BCUT2D eigenvalue weighted by Gasteiger charge is -2.29. The lowest BCUT2D eigenvalue weighted by molar-refractivity contribution is -0.138. The van der Waals surface area contributed by atoms with E-state index in [4.69, 9.17) is 28.0 Å². The van der Waals surface area contributed by atoms with Crippen molar-refractivity contribution in [1.82, 2.24) is 58.5 Å². The molecule has 482 valence electrons. The fraction of sp³-hybridized carbons (Fsp3) is 0.592. The van der Waals surface area contributed by atoms with Crippen molar-refractivity contribution in [1.29, 1.82) is 0 Å². The number of carbonyl (C=O) groups is 14. The molecule has 0 aliphatic heterocycles. The number of carbonyl (C=O) groups excluding carboxylic acids is 13. The van der Waals surface area contributed by atoms with Crippen LogP contribution in [0.25, 0.3) is 0 Å². The van der Waals surface area contributed by atoms with Gasteiger partial charge in [0, 0.05) is 19.3 Å². The first kappa shape index (κ1) is 75.8. The smallest absolute Gasteiger partial charge is 0.353 e. The fourth-order valence-electron chi connectivity index (χ4n) is 7.38. The summed E-state index contributed by atoms with van der Waals surface area (Å²) in [5.41, 5.74) is 22.3. The fourth-order valence-corrected chi connectivity index (χ4v) is 7.86. The number of aliphatic carboxylic acids is 1. The van der Waals surface area contributed by atoms with E-state index in [1.54, 1.807) is 30.3 Å². The Kier molecular flexibility index (Phi) is 33.4. The van der Waals surface area contributed by atoms with Crippen LogP contribution in [0.4, 0.5) is 0 Å². The van der Waals surface area contributed by atoms with Gasteiger partial charge in [-0.1, -0.05) is 44.2 Å². The summed E-state index contributed by atoms with van der Waals surface area (Å²) in [6.07, 6.45) is -2.77. The zero-order valence-corrected chi connectivity index (χ0v) is 48.5. The average molecular weight is 1250 g/mol. The Morgan fingerprint density at radius 3 is 1.57 bits per heavy atom. The second kappa shape index (κ2) is 37.9. The topological polar surface area (TPSA) is 614 Å². The molecule has 25 N–H and O–H groups in total. The maximum absolute atomic E-state index is 14.1.